The van der Waals surface area contributed by atoms with Crippen molar-refractivity contribution in [3.05, 3.63) is 0 Å². The fraction of sp³-hybridized carbons (Fsp3) is 1.00. The van der Waals surface area contributed by atoms with Gasteiger partial charge in [-0.15, -0.1) is 12.4 Å². The van der Waals surface area contributed by atoms with Gasteiger partial charge in [0.25, 0.3) is 0 Å². The number of nitrogens with zero attached hydrogens (tertiary/aromatic N) is 1. The Kier molecular flexibility index (Phi) is 2.54. The third kappa shape index (κ3) is 1.06. The first-order chi connectivity index (χ1) is 4.29. The number of hydrogen-bond acceptors (Lipinski definition) is 2. The molecular weight excluding hydrogens is 166 g/mol. The standard InChI is InChI=1S/C7H13NS.ClH/c1-8-5-2-3-6(8)7(9)4-5;/h5-7,9H,2-4H2,1H3;1H/t5-,6+,7+;/m1./s1. The Hall–Kier alpha value is 0.600. The van der Waals surface area contributed by atoms with Crippen LogP contribution in [0.3, 0.4) is 0 Å². The van der Waals surface area contributed by atoms with Crippen molar-refractivity contribution in [2.75, 3.05) is 7.05 Å². The van der Waals surface area contributed by atoms with Crippen LogP contribution in [0.15, 0.2) is 0 Å². The molecule has 2 aliphatic rings. The first-order valence-electron chi connectivity index (χ1n) is 3.69. The maximum atomic E-state index is 4.52. The van der Waals surface area contributed by atoms with Crippen molar-refractivity contribution in [2.45, 2.75) is 36.6 Å². The van der Waals surface area contributed by atoms with Gasteiger partial charge in [-0.3, -0.25) is 4.90 Å². The minimum absolute atomic E-state index is 0. The molecule has 0 aromatic carbocycles. The van der Waals surface area contributed by atoms with E-state index in [0.29, 0.717) is 5.25 Å². The van der Waals surface area contributed by atoms with Gasteiger partial charge in [0.1, 0.15) is 0 Å². The molecule has 0 saturated carbocycles. The Bertz CT molecular complexity index is 131. The van der Waals surface area contributed by atoms with E-state index in [4.69, 9.17) is 0 Å². The summed E-state index contributed by atoms with van der Waals surface area (Å²) < 4.78 is 0. The van der Waals surface area contributed by atoms with Gasteiger partial charge in [-0.05, 0) is 26.3 Å². The van der Waals surface area contributed by atoms with E-state index in [1.54, 1.807) is 0 Å². The van der Waals surface area contributed by atoms with Crippen molar-refractivity contribution in [1.82, 2.24) is 4.90 Å². The smallest absolute Gasteiger partial charge is 0.0213 e. The molecule has 0 spiro atoms. The average Bonchev–Trinajstić information content (AvgIpc) is 2.25. The summed E-state index contributed by atoms with van der Waals surface area (Å²) in [5, 5.41) is 0.675. The van der Waals surface area contributed by atoms with Crippen LogP contribution in [0.5, 0.6) is 0 Å². The second-order valence-electron chi connectivity index (χ2n) is 3.27. The van der Waals surface area contributed by atoms with Gasteiger partial charge in [-0.1, -0.05) is 0 Å². The van der Waals surface area contributed by atoms with Gasteiger partial charge in [0.15, 0.2) is 0 Å². The minimum atomic E-state index is 0. The third-order valence-corrected chi connectivity index (χ3v) is 3.41. The molecule has 2 saturated heterocycles. The molecule has 2 heterocycles. The molecular formula is C7H14ClNS. The maximum Gasteiger partial charge on any atom is 0.0213 e. The molecule has 2 bridgehead atoms. The van der Waals surface area contributed by atoms with Crippen LogP contribution in [0.4, 0.5) is 0 Å². The fourth-order valence-electron chi connectivity index (χ4n) is 2.22. The van der Waals surface area contributed by atoms with Gasteiger partial charge in [0.05, 0.1) is 0 Å². The first-order valence-corrected chi connectivity index (χ1v) is 4.20. The highest BCUT2D eigenvalue weighted by molar-refractivity contribution is 7.81. The molecule has 0 aliphatic carbocycles. The second-order valence-corrected chi connectivity index (χ2v) is 3.93. The summed E-state index contributed by atoms with van der Waals surface area (Å²) in [5.41, 5.74) is 0. The highest BCUT2D eigenvalue weighted by Crippen LogP contribution is 2.38. The van der Waals surface area contributed by atoms with Gasteiger partial charge in [-0.25, -0.2) is 0 Å². The monoisotopic (exact) mass is 179 g/mol. The molecule has 60 valence electrons. The lowest BCUT2D eigenvalue weighted by molar-refractivity contribution is 0.315. The molecule has 2 fully saturated rings. The maximum absolute atomic E-state index is 4.52. The minimum Gasteiger partial charge on any atom is -0.299 e. The summed E-state index contributed by atoms with van der Waals surface area (Å²) in [6.07, 6.45) is 4.12. The molecule has 2 rings (SSSR count). The quantitative estimate of drug-likeness (QED) is 0.553. The summed E-state index contributed by atoms with van der Waals surface area (Å²) >= 11 is 4.52. The molecule has 3 atom stereocenters. The summed E-state index contributed by atoms with van der Waals surface area (Å²) in [4.78, 5) is 2.50. The van der Waals surface area contributed by atoms with Crippen LogP contribution < -0.4 is 0 Å². The highest BCUT2D eigenvalue weighted by atomic mass is 35.5. The van der Waals surface area contributed by atoms with Gasteiger partial charge in [-0.2, -0.15) is 12.6 Å². The van der Waals surface area contributed by atoms with Crippen LogP contribution >= 0.6 is 25.0 Å². The molecule has 0 unspecified atom stereocenters. The topological polar surface area (TPSA) is 3.24 Å². The third-order valence-electron chi connectivity index (χ3n) is 2.85. The average molecular weight is 180 g/mol. The zero-order valence-corrected chi connectivity index (χ0v) is 7.87. The van der Waals surface area contributed by atoms with Crippen LogP contribution in [-0.2, 0) is 0 Å². The Morgan fingerprint density at radius 2 is 2.10 bits per heavy atom. The molecule has 10 heavy (non-hydrogen) atoms. The van der Waals surface area contributed by atoms with Crippen molar-refractivity contribution in [3.8, 4) is 0 Å². The van der Waals surface area contributed by atoms with Crippen molar-refractivity contribution >= 4 is 25.0 Å². The Morgan fingerprint density at radius 3 is 2.30 bits per heavy atom. The molecule has 0 amide bonds. The van der Waals surface area contributed by atoms with E-state index in [2.05, 4.69) is 24.6 Å². The number of rotatable bonds is 0. The molecule has 2 aliphatic heterocycles. The molecule has 0 aromatic heterocycles. The van der Waals surface area contributed by atoms with Crippen LogP contribution in [0, 0.1) is 0 Å². The van der Waals surface area contributed by atoms with Crippen molar-refractivity contribution in [3.63, 3.8) is 0 Å². The van der Waals surface area contributed by atoms with Crippen LogP contribution in [-0.4, -0.2) is 29.3 Å². The second kappa shape index (κ2) is 2.92. The van der Waals surface area contributed by atoms with Crippen LogP contribution in [0.2, 0.25) is 0 Å². The number of fused-ring (bicyclic) bond motifs is 2. The lowest BCUT2D eigenvalue weighted by Crippen LogP contribution is -2.25. The van der Waals surface area contributed by atoms with E-state index < -0.39 is 0 Å². The normalized spacial score (nSPS) is 45.6. The summed E-state index contributed by atoms with van der Waals surface area (Å²) in [5.74, 6) is 0. The highest BCUT2D eigenvalue weighted by Gasteiger charge is 2.41. The van der Waals surface area contributed by atoms with Gasteiger partial charge < -0.3 is 0 Å². The van der Waals surface area contributed by atoms with Crippen LogP contribution in [0.25, 0.3) is 0 Å². The van der Waals surface area contributed by atoms with Crippen molar-refractivity contribution in [2.24, 2.45) is 0 Å². The summed E-state index contributed by atoms with van der Waals surface area (Å²) in [7, 11) is 2.23. The van der Waals surface area contributed by atoms with E-state index in [-0.39, 0.29) is 12.4 Å². The number of thiol groups is 1. The molecule has 3 heteroatoms. The predicted molar refractivity (Wildman–Crippen MR) is 49.2 cm³/mol. The summed E-state index contributed by atoms with van der Waals surface area (Å²) in [6.45, 7) is 0. The zero-order valence-electron chi connectivity index (χ0n) is 6.16. The first kappa shape index (κ1) is 8.69. The van der Waals surface area contributed by atoms with E-state index in [9.17, 15) is 0 Å². The Morgan fingerprint density at radius 1 is 1.40 bits per heavy atom. The van der Waals surface area contributed by atoms with E-state index in [1.165, 1.54) is 19.3 Å². The van der Waals surface area contributed by atoms with E-state index >= 15 is 0 Å². The van der Waals surface area contributed by atoms with Crippen LogP contribution in [0.1, 0.15) is 19.3 Å². The summed E-state index contributed by atoms with van der Waals surface area (Å²) in [6, 6.07) is 1.68. The molecule has 1 nitrogen and oxygen atoms in total. The predicted octanol–water partition coefficient (Wildman–Crippen LogP) is 1.57. The lowest BCUT2D eigenvalue weighted by Gasteiger charge is -2.15. The Balaban J connectivity index is 0.000000500. The zero-order chi connectivity index (χ0) is 6.43. The van der Waals surface area contributed by atoms with Gasteiger partial charge >= 0.3 is 0 Å². The Labute approximate surface area is 74.0 Å². The molecule has 0 aromatic rings. The SMILES string of the molecule is CN1[C@@H]2CC[C@H]1[C@@H](S)C2.Cl. The molecule has 0 radical (unpaired) electrons. The van der Waals surface area contributed by atoms with E-state index in [0.717, 1.165) is 12.1 Å². The number of hydrogen-bond donors (Lipinski definition) is 1. The molecule has 0 N–H and O–H groups in total. The largest absolute Gasteiger partial charge is 0.299 e. The lowest BCUT2D eigenvalue weighted by atomic mass is 10.0. The van der Waals surface area contributed by atoms with Crippen molar-refractivity contribution in [1.29, 1.82) is 0 Å². The fourth-order valence-corrected chi connectivity index (χ4v) is 2.83. The van der Waals surface area contributed by atoms with Gasteiger partial charge in [0, 0.05) is 17.3 Å². The van der Waals surface area contributed by atoms with Crippen molar-refractivity contribution < 1.29 is 0 Å². The van der Waals surface area contributed by atoms with Gasteiger partial charge in [0.2, 0.25) is 0 Å². The number of halogens is 1. The van der Waals surface area contributed by atoms with E-state index in [1.807, 2.05) is 0 Å².